The van der Waals surface area contributed by atoms with E-state index < -0.39 is 16.1 Å². The van der Waals surface area contributed by atoms with E-state index in [0.29, 0.717) is 0 Å². The topological polar surface area (TPSA) is 0 Å². The van der Waals surface area contributed by atoms with Gasteiger partial charge in [-0.15, -0.1) is 0 Å². The molecule has 64 heavy (non-hydrogen) atoms. The van der Waals surface area contributed by atoms with Gasteiger partial charge in [0.05, 0.1) is 16.1 Å². The third kappa shape index (κ3) is 9.44. The molecule has 334 valence electrons. The minimum atomic E-state index is -1.77. The zero-order chi connectivity index (χ0) is 43.0. The second-order valence-electron chi connectivity index (χ2n) is 21.5. The van der Waals surface area contributed by atoms with Crippen LogP contribution >= 0.6 is 0 Å². The van der Waals surface area contributed by atoms with E-state index in [0.717, 1.165) is 0 Å². The quantitative estimate of drug-likeness (QED) is 0.120. The predicted molar refractivity (Wildman–Crippen MR) is 291 cm³/mol. The molecule has 0 atom stereocenters. The molecule has 0 aliphatic carbocycles. The highest BCUT2D eigenvalue weighted by atomic mass is 28.3. The molecule has 11 rings (SSSR count). The molecular formula is C62H78Si2. The van der Waals surface area contributed by atoms with Gasteiger partial charge in [0.2, 0.25) is 0 Å². The second kappa shape index (κ2) is 20.8. The van der Waals surface area contributed by atoms with E-state index >= 15 is 0 Å². The minimum Gasteiger partial charge on any atom is -0.0618 e. The Hall–Kier alpha value is -3.73. The lowest BCUT2D eigenvalue weighted by Crippen LogP contribution is -2.48. The molecule has 0 aromatic heterocycles. The highest BCUT2D eigenvalue weighted by molar-refractivity contribution is 6.93. The van der Waals surface area contributed by atoms with Gasteiger partial charge in [0.15, 0.2) is 0 Å². The normalized spacial score (nSPS) is 23.4. The first kappa shape index (κ1) is 44.1. The molecule has 3 heterocycles. The molecule has 3 aliphatic rings. The Kier molecular flexibility index (Phi) is 14.4. The summed E-state index contributed by atoms with van der Waals surface area (Å²) in [7, 11) is -3.49. The first-order chi connectivity index (χ1) is 31.7. The van der Waals surface area contributed by atoms with Crippen molar-refractivity contribution in [3.05, 3.63) is 109 Å². The van der Waals surface area contributed by atoms with E-state index in [9.17, 15) is 0 Å². The fourth-order valence-corrected chi connectivity index (χ4v) is 24.7. The predicted octanol–water partition coefficient (Wildman–Crippen LogP) is 18.9. The summed E-state index contributed by atoms with van der Waals surface area (Å²) in [5, 5.41) is 21.5. The van der Waals surface area contributed by atoms with Crippen molar-refractivity contribution in [2.45, 2.75) is 190 Å². The van der Waals surface area contributed by atoms with Crippen molar-refractivity contribution < 1.29 is 0 Å². The first-order valence-corrected chi connectivity index (χ1v) is 32.3. The van der Waals surface area contributed by atoms with Crippen LogP contribution in [0, 0.1) is 0 Å². The maximum absolute atomic E-state index is 2.75. The van der Waals surface area contributed by atoms with E-state index in [-0.39, 0.29) is 0 Å². The van der Waals surface area contributed by atoms with Gasteiger partial charge in [-0.3, -0.25) is 0 Å². The fraction of sp³-hybridized carbons (Fsp3) is 0.484. The van der Waals surface area contributed by atoms with Crippen LogP contribution in [0.1, 0.15) is 154 Å². The molecule has 0 radical (unpaired) electrons. The zero-order valence-electron chi connectivity index (χ0n) is 39.6. The van der Waals surface area contributed by atoms with Crippen LogP contribution in [0.25, 0.3) is 64.6 Å². The van der Waals surface area contributed by atoms with Crippen LogP contribution in [0.3, 0.4) is 0 Å². The summed E-state index contributed by atoms with van der Waals surface area (Å²) in [5.74, 6) is 0. The van der Waals surface area contributed by atoms with Gasteiger partial charge in [-0.25, -0.2) is 0 Å². The summed E-state index contributed by atoms with van der Waals surface area (Å²) in [4.78, 5) is 0. The largest absolute Gasteiger partial charge is 0.0875 e. The molecule has 3 aliphatic heterocycles. The molecule has 0 N–H and O–H groups in total. The van der Waals surface area contributed by atoms with E-state index in [1.54, 1.807) is 10.8 Å². The molecule has 8 aromatic carbocycles. The van der Waals surface area contributed by atoms with E-state index in [2.05, 4.69) is 109 Å². The Morgan fingerprint density at radius 3 is 0.922 bits per heavy atom. The lowest BCUT2D eigenvalue weighted by atomic mass is 9.94. The number of hydrogen-bond donors (Lipinski definition) is 0. The average molecular weight is 879 g/mol. The monoisotopic (exact) mass is 879 g/mol. The van der Waals surface area contributed by atoms with E-state index in [4.69, 9.17) is 0 Å². The van der Waals surface area contributed by atoms with Crippen molar-refractivity contribution >= 4 is 91.2 Å². The maximum Gasteiger partial charge on any atom is 0.0875 e. The van der Waals surface area contributed by atoms with Crippen LogP contribution in [-0.2, 0) is 0 Å². The molecule has 3 fully saturated rings. The molecule has 8 aromatic rings. The van der Waals surface area contributed by atoms with Crippen molar-refractivity contribution in [3.63, 3.8) is 0 Å². The van der Waals surface area contributed by atoms with Crippen LogP contribution in [0.2, 0.25) is 36.3 Å². The van der Waals surface area contributed by atoms with Crippen molar-refractivity contribution in [2.24, 2.45) is 0 Å². The molecule has 0 saturated carbocycles. The summed E-state index contributed by atoms with van der Waals surface area (Å²) in [6.45, 7) is 0. The number of rotatable bonds is 2. The van der Waals surface area contributed by atoms with Gasteiger partial charge in [0.25, 0.3) is 0 Å². The Balaban J connectivity index is 0.924. The molecule has 0 amide bonds. The van der Waals surface area contributed by atoms with E-state index in [1.807, 2.05) is 10.4 Å². The third-order valence-electron chi connectivity index (χ3n) is 17.4. The SMILES string of the molecule is c1cc2ccc3cc([Si]45CCCCCCCCCC[Si](c6ccc7ccc8cccc9ccc6c7c89)(CCCCCCCCCC4)CCCCCCCCCC5)cc4ccc(c1)c2c34. The van der Waals surface area contributed by atoms with Crippen LogP contribution in [0.4, 0.5) is 0 Å². The number of benzene rings is 8. The Morgan fingerprint density at radius 2 is 0.516 bits per heavy atom. The average Bonchev–Trinajstić information content (AvgIpc) is 3.33. The first-order valence-electron chi connectivity index (χ1n) is 27.1. The summed E-state index contributed by atoms with van der Waals surface area (Å²) in [5.41, 5.74) is 0. The van der Waals surface area contributed by atoms with Crippen LogP contribution in [0.5, 0.6) is 0 Å². The van der Waals surface area contributed by atoms with Crippen molar-refractivity contribution in [2.75, 3.05) is 0 Å². The maximum atomic E-state index is 2.75. The molecule has 0 spiro atoms. The zero-order valence-corrected chi connectivity index (χ0v) is 41.6. The van der Waals surface area contributed by atoms with Crippen LogP contribution in [-0.4, -0.2) is 16.1 Å². The van der Waals surface area contributed by atoms with Crippen LogP contribution in [0.15, 0.2) is 109 Å². The smallest absolute Gasteiger partial charge is 0.0618 e. The summed E-state index contributed by atoms with van der Waals surface area (Å²) >= 11 is 0. The third-order valence-corrected chi connectivity index (χ3v) is 28.3. The molecule has 0 unspecified atom stereocenters. The van der Waals surface area contributed by atoms with Gasteiger partial charge in [0, 0.05) is 0 Å². The summed E-state index contributed by atoms with van der Waals surface area (Å²) < 4.78 is 0. The second-order valence-corrected chi connectivity index (χ2v) is 30.8. The summed E-state index contributed by atoms with van der Waals surface area (Å²) in [6.07, 6.45) is 34.6. The summed E-state index contributed by atoms with van der Waals surface area (Å²) in [6, 6.07) is 53.2. The fourth-order valence-electron chi connectivity index (χ4n) is 13.8. The number of fused-ring (bicyclic) bond motifs is 27. The highest BCUT2D eigenvalue weighted by Crippen LogP contribution is 2.40. The molecule has 0 nitrogen and oxygen atoms in total. The lowest BCUT2D eigenvalue weighted by molar-refractivity contribution is 0.567. The Bertz CT molecular complexity index is 2580. The van der Waals surface area contributed by atoms with Gasteiger partial charge in [-0.2, -0.15) is 0 Å². The van der Waals surface area contributed by atoms with Crippen molar-refractivity contribution in [3.8, 4) is 0 Å². The van der Waals surface area contributed by atoms with Gasteiger partial charge in [-0.1, -0.05) is 310 Å². The lowest BCUT2D eigenvalue weighted by Gasteiger charge is -2.35. The van der Waals surface area contributed by atoms with Crippen molar-refractivity contribution in [1.29, 1.82) is 0 Å². The minimum absolute atomic E-state index is 1.40. The molecular weight excluding hydrogens is 801 g/mol. The van der Waals surface area contributed by atoms with E-state index in [1.165, 1.54) is 244 Å². The van der Waals surface area contributed by atoms with Crippen LogP contribution < -0.4 is 10.4 Å². The molecule has 3 saturated heterocycles. The molecule has 2 bridgehead atoms. The van der Waals surface area contributed by atoms with Crippen molar-refractivity contribution in [1.82, 2.24) is 0 Å². The number of hydrogen-bond acceptors (Lipinski definition) is 0. The molecule has 2 heteroatoms. The Labute approximate surface area is 388 Å². The van der Waals surface area contributed by atoms with Gasteiger partial charge in [-0.05, 0) is 64.6 Å². The van der Waals surface area contributed by atoms with Gasteiger partial charge in [0.1, 0.15) is 0 Å². The highest BCUT2D eigenvalue weighted by Gasteiger charge is 2.36. The van der Waals surface area contributed by atoms with Gasteiger partial charge < -0.3 is 0 Å². The Morgan fingerprint density at radius 1 is 0.234 bits per heavy atom. The standard InChI is InChI=1S/C62H78Si2/c1-4-10-16-22-44-64(58-40-38-53-32-31-51-29-26-30-52-37-39-57(58)62(53)60(51)52)45-23-17-11-5-2-8-14-20-42-63(41-19-13-7-1,43-21-15-9-3-6-12-18-24-46-64)56-47-54-35-33-49-27-25-28-50-34-36-55(48-56)61(54)59(49)50/h25-40,47-48H,1-24,41-46H2. The van der Waals surface area contributed by atoms with Gasteiger partial charge >= 0.3 is 0 Å².